The van der Waals surface area contributed by atoms with E-state index in [1.54, 1.807) is 36.5 Å². The van der Waals surface area contributed by atoms with Gasteiger partial charge in [-0.05, 0) is 48.2 Å². The predicted molar refractivity (Wildman–Crippen MR) is 128 cm³/mol. The molecule has 0 fully saturated rings. The minimum atomic E-state index is -0.958. The molecule has 1 aliphatic rings. The van der Waals surface area contributed by atoms with Crippen molar-refractivity contribution in [2.75, 3.05) is 11.9 Å². The van der Waals surface area contributed by atoms with Crippen LogP contribution in [0.15, 0.2) is 72.9 Å². The average Bonchev–Trinajstić information content (AvgIpc) is 2.88. The van der Waals surface area contributed by atoms with Gasteiger partial charge in [-0.25, -0.2) is 4.98 Å². The molecule has 0 saturated carbocycles. The number of pyridine rings is 1. The van der Waals surface area contributed by atoms with Crippen LogP contribution in [0.3, 0.4) is 0 Å². The van der Waals surface area contributed by atoms with Gasteiger partial charge >= 0.3 is 5.97 Å². The largest absolute Gasteiger partial charge is 0.493 e. The summed E-state index contributed by atoms with van der Waals surface area (Å²) in [6.07, 6.45) is 2.04. The molecule has 172 valence electrons. The van der Waals surface area contributed by atoms with Crippen molar-refractivity contribution in [3.63, 3.8) is 0 Å². The Labute approximate surface area is 200 Å². The zero-order chi connectivity index (χ0) is 24.4. The first-order valence-electron chi connectivity index (χ1n) is 10.9. The quantitative estimate of drug-likeness (QED) is 0.420. The molecule has 0 spiro atoms. The molecule has 4 aromatic rings. The van der Waals surface area contributed by atoms with Crippen molar-refractivity contribution in [3.05, 3.63) is 89.6 Å². The van der Waals surface area contributed by atoms with E-state index in [1.807, 2.05) is 24.3 Å². The minimum absolute atomic E-state index is 0.199. The van der Waals surface area contributed by atoms with Gasteiger partial charge in [0.1, 0.15) is 29.1 Å². The van der Waals surface area contributed by atoms with Crippen molar-refractivity contribution in [1.82, 2.24) is 4.98 Å². The summed E-state index contributed by atoms with van der Waals surface area (Å²) < 4.78 is 11.5. The number of nitriles is 1. The standard InChI is InChI=1S/C27H19N3O5/c28-14-19-11-22-21(27(32)33)9-10-34-24(22)13-23(19)35-20-7-5-16(6-8-20)26(31)30-25-12-17-3-1-2-4-18(17)15-29-25/h1-8,11-13,15,21H,9-10H2,(H,32,33)(H,29,30,31). The number of nitrogens with zero attached hydrogens (tertiary/aromatic N) is 2. The number of benzene rings is 3. The minimum Gasteiger partial charge on any atom is -0.493 e. The molecular weight excluding hydrogens is 446 g/mol. The highest BCUT2D eigenvalue weighted by atomic mass is 16.5. The lowest BCUT2D eigenvalue weighted by atomic mass is 9.91. The van der Waals surface area contributed by atoms with Gasteiger partial charge in [0, 0.05) is 28.8 Å². The smallest absolute Gasteiger partial charge is 0.311 e. The highest BCUT2D eigenvalue weighted by molar-refractivity contribution is 6.04. The number of ether oxygens (including phenoxy) is 2. The fourth-order valence-electron chi connectivity index (χ4n) is 3.99. The van der Waals surface area contributed by atoms with Gasteiger partial charge in [0.15, 0.2) is 0 Å². The molecule has 2 heterocycles. The maximum Gasteiger partial charge on any atom is 0.311 e. The number of carboxylic acids is 1. The molecule has 1 aliphatic heterocycles. The molecule has 0 bridgehead atoms. The summed E-state index contributed by atoms with van der Waals surface area (Å²) in [5.41, 5.74) is 1.07. The third-order valence-electron chi connectivity index (χ3n) is 5.79. The Morgan fingerprint density at radius 1 is 1.09 bits per heavy atom. The predicted octanol–water partition coefficient (Wildman–Crippen LogP) is 5.10. The van der Waals surface area contributed by atoms with Crippen LogP contribution in [0.1, 0.15) is 33.8 Å². The molecule has 2 N–H and O–H groups in total. The Kier molecular flexibility index (Phi) is 5.73. The van der Waals surface area contributed by atoms with Crippen molar-refractivity contribution in [3.8, 4) is 23.3 Å². The summed E-state index contributed by atoms with van der Waals surface area (Å²) >= 11 is 0. The Morgan fingerprint density at radius 2 is 1.86 bits per heavy atom. The molecule has 1 atom stereocenters. The van der Waals surface area contributed by atoms with Crippen LogP contribution in [0, 0.1) is 11.3 Å². The number of fused-ring (bicyclic) bond motifs is 2. The summed E-state index contributed by atoms with van der Waals surface area (Å²) in [4.78, 5) is 28.5. The molecule has 8 nitrogen and oxygen atoms in total. The second kappa shape index (κ2) is 9.15. The van der Waals surface area contributed by atoms with Crippen LogP contribution in [0.2, 0.25) is 0 Å². The van der Waals surface area contributed by atoms with Gasteiger partial charge in [-0.3, -0.25) is 9.59 Å². The lowest BCUT2D eigenvalue weighted by Crippen LogP contribution is -2.21. The first-order valence-corrected chi connectivity index (χ1v) is 10.9. The molecule has 1 unspecified atom stereocenters. The van der Waals surface area contributed by atoms with Gasteiger partial charge < -0.3 is 19.9 Å². The topological polar surface area (TPSA) is 122 Å². The van der Waals surface area contributed by atoms with Crippen LogP contribution in [-0.4, -0.2) is 28.6 Å². The number of hydrogen-bond donors (Lipinski definition) is 2. The molecule has 1 aromatic heterocycles. The van der Waals surface area contributed by atoms with Gasteiger partial charge in [-0.2, -0.15) is 5.26 Å². The fourth-order valence-corrected chi connectivity index (χ4v) is 3.99. The summed E-state index contributed by atoms with van der Waals surface area (Å²) in [5, 5.41) is 23.8. The first kappa shape index (κ1) is 21.9. The van der Waals surface area contributed by atoms with Crippen LogP contribution >= 0.6 is 0 Å². The summed E-state index contributed by atoms with van der Waals surface area (Å²) in [7, 11) is 0. The molecule has 0 radical (unpaired) electrons. The van der Waals surface area contributed by atoms with E-state index in [0.29, 0.717) is 34.9 Å². The zero-order valence-corrected chi connectivity index (χ0v) is 18.4. The third-order valence-corrected chi connectivity index (χ3v) is 5.79. The van der Waals surface area contributed by atoms with E-state index >= 15 is 0 Å². The third kappa shape index (κ3) is 4.48. The number of carboxylic acid groups (broad SMARTS) is 1. The number of nitrogens with one attached hydrogen (secondary N) is 1. The lowest BCUT2D eigenvalue weighted by Gasteiger charge is -2.24. The van der Waals surface area contributed by atoms with Gasteiger partial charge in [0.25, 0.3) is 5.91 Å². The lowest BCUT2D eigenvalue weighted by molar-refractivity contribution is -0.139. The van der Waals surface area contributed by atoms with E-state index in [0.717, 1.165) is 10.8 Å². The monoisotopic (exact) mass is 465 g/mol. The van der Waals surface area contributed by atoms with Gasteiger partial charge in [-0.1, -0.05) is 24.3 Å². The average molecular weight is 465 g/mol. The molecule has 3 aromatic carbocycles. The van der Waals surface area contributed by atoms with E-state index in [4.69, 9.17) is 9.47 Å². The molecule has 0 saturated heterocycles. The van der Waals surface area contributed by atoms with Crippen molar-refractivity contribution in [2.45, 2.75) is 12.3 Å². The second-order valence-electron chi connectivity index (χ2n) is 8.02. The number of hydrogen-bond acceptors (Lipinski definition) is 6. The number of rotatable bonds is 5. The van der Waals surface area contributed by atoms with E-state index < -0.39 is 11.9 Å². The Morgan fingerprint density at radius 3 is 2.60 bits per heavy atom. The van der Waals surface area contributed by atoms with Crippen LogP contribution in [0.4, 0.5) is 5.82 Å². The van der Waals surface area contributed by atoms with E-state index in [9.17, 15) is 20.0 Å². The van der Waals surface area contributed by atoms with Crippen LogP contribution in [0.5, 0.6) is 17.2 Å². The number of anilines is 1. The molecule has 35 heavy (non-hydrogen) atoms. The van der Waals surface area contributed by atoms with Gasteiger partial charge in [0.2, 0.25) is 0 Å². The summed E-state index contributed by atoms with van der Waals surface area (Å²) in [5.74, 6) is -0.520. The molecule has 0 aliphatic carbocycles. The van der Waals surface area contributed by atoms with Gasteiger partial charge in [0.05, 0.1) is 18.1 Å². The van der Waals surface area contributed by atoms with Gasteiger partial charge in [-0.15, -0.1) is 0 Å². The van der Waals surface area contributed by atoms with Crippen molar-refractivity contribution in [1.29, 1.82) is 5.26 Å². The normalized spacial score (nSPS) is 14.3. The first-order chi connectivity index (χ1) is 17.0. The Hall–Kier alpha value is -4.90. The van der Waals surface area contributed by atoms with Crippen LogP contribution in [-0.2, 0) is 4.79 Å². The second-order valence-corrected chi connectivity index (χ2v) is 8.02. The molecular formula is C27H19N3O5. The number of aliphatic carboxylic acids is 1. The van der Waals surface area contributed by atoms with Crippen molar-refractivity contribution < 1.29 is 24.2 Å². The molecule has 1 amide bonds. The summed E-state index contributed by atoms with van der Waals surface area (Å²) in [6, 6.07) is 21.1. The highest BCUT2D eigenvalue weighted by Gasteiger charge is 2.29. The van der Waals surface area contributed by atoms with Crippen molar-refractivity contribution >= 4 is 28.5 Å². The SMILES string of the molecule is N#Cc1cc2c(cc1Oc1ccc(C(=O)Nc3cc4ccccc4cn3)cc1)OCCC2C(=O)O. The van der Waals surface area contributed by atoms with Crippen molar-refractivity contribution in [2.24, 2.45) is 0 Å². The van der Waals surface area contributed by atoms with Crippen LogP contribution < -0.4 is 14.8 Å². The maximum atomic E-state index is 12.7. The number of amides is 1. The van der Waals surface area contributed by atoms with Crippen LogP contribution in [0.25, 0.3) is 10.8 Å². The summed E-state index contributed by atoms with van der Waals surface area (Å²) in [6.45, 7) is 0.269. The highest BCUT2D eigenvalue weighted by Crippen LogP contribution is 2.39. The fraction of sp³-hybridized carbons (Fsp3) is 0.111. The maximum absolute atomic E-state index is 12.7. The number of carbonyl (C=O) groups excluding carboxylic acids is 1. The van der Waals surface area contributed by atoms with E-state index in [1.165, 1.54) is 12.1 Å². The van der Waals surface area contributed by atoms with E-state index in [2.05, 4.69) is 16.4 Å². The number of carbonyl (C=O) groups is 2. The zero-order valence-electron chi connectivity index (χ0n) is 18.4. The molecule has 8 heteroatoms. The Balaban J connectivity index is 1.33. The van der Waals surface area contributed by atoms with E-state index in [-0.39, 0.29) is 23.8 Å². The molecule has 5 rings (SSSR count). The number of aromatic nitrogens is 1. The Bertz CT molecular complexity index is 1490.